The van der Waals surface area contributed by atoms with Crippen LogP contribution in [0.4, 0.5) is 20.2 Å². The number of nitrogens with one attached hydrogen (secondary N) is 2. The third-order valence-corrected chi connectivity index (χ3v) is 5.54. The number of sulfonamides is 1. The zero-order valence-electron chi connectivity index (χ0n) is 16.3. The Kier molecular flexibility index (Phi) is 6.66. The quantitative estimate of drug-likeness (QED) is 0.528. The highest BCUT2D eigenvalue weighted by atomic mass is 32.2. The van der Waals surface area contributed by atoms with Crippen LogP contribution in [0.2, 0.25) is 0 Å². The van der Waals surface area contributed by atoms with Crippen molar-refractivity contribution in [1.82, 2.24) is 0 Å². The Morgan fingerprint density at radius 2 is 1.68 bits per heavy atom. The summed E-state index contributed by atoms with van der Waals surface area (Å²) in [4.78, 5) is 12.0. The maximum Gasteiger partial charge on any atom is 0.262 e. The molecule has 3 aromatic rings. The van der Waals surface area contributed by atoms with Crippen LogP contribution in [-0.2, 0) is 14.8 Å². The van der Waals surface area contributed by atoms with Crippen LogP contribution in [0.3, 0.4) is 0 Å². The van der Waals surface area contributed by atoms with Crippen molar-refractivity contribution in [2.24, 2.45) is 0 Å². The molecule has 0 heterocycles. The number of methoxy groups -OCH3 is 1. The van der Waals surface area contributed by atoms with Crippen molar-refractivity contribution in [3.8, 4) is 5.75 Å². The van der Waals surface area contributed by atoms with E-state index in [1.165, 1.54) is 37.5 Å². The lowest BCUT2D eigenvalue weighted by Gasteiger charge is -2.11. The number of carbonyl (C=O) groups excluding carboxylic acids is 1. The van der Waals surface area contributed by atoms with Gasteiger partial charge in [-0.15, -0.1) is 0 Å². The fourth-order valence-corrected chi connectivity index (χ4v) is 3.70. The summed E-state index contributed by atoms with van der Waals surface area (Å²) in [5.74, 6) is -1.88. The summed E-state index contributed by atoms with van der Waals surface area (Å²) >= 11 is 0. The molecule has 0 atom stereocenters. The van der Waals surface area contributed by atoms with Crippen LogP contribution in [0.5, 0.6) is 5.75 Å². The maximum atomic E-state index is 13.6. The summed E-state index contributed by atoms with van der Waals surface area (Å²) in [6.07, 6.45) is 2.58. The van der Waals surface area contributed by atoms with Crippen molar-refractivity contribution in [1.29, 1.82) is 0 Å². The summed E-state index contributed by atoms with van der Waals surface area (Å²) in [6, 6.07) is 15.2. The van der Waals surface area contributed by atoms with Gasteiger partial charge in [-0.2, -0.15) is 0 Å². The number of halogens is 2. The monoisotopic (exact) mass is 444 g/mol. The van der Waals surface area contributed by atoms with Gasteiger partial charge in [0.15, 0.2) is 0 Å². The molecule has 31 heavy (non-hydrogen) atoms. The SMILES string of the molecule is COc1ccccc1NS(=O)(=O)c1ccc(/C=C/C(=O)Nc2ccc(F)cc2F)cc1. The van der Waals surface area contributed by atoms with Gasteiger partial charge in [0.2, 0.25) is 5.91 Å². The van der Waals surface area contributed by atoms with Gasteiger partial charge in [0.25, 0.3) is 10.0 Å². The topological polar surface area (TPSA) is 84.5 Å². The minimum Gasteiger partial charge on any atom is -0.495 e. The van der Waals surface area contributed by atoms with Crippen molar-refractivity contribution in [3.63, 3.8) is 0 Å². The standard InChI is InChI=1S/C22H18F2N2O4S/c1-30-21-5-3-2-4-20(21)26-31(28,29)17-10-6-15(7-11-17)8-13-22(27)25-19-12-9-16(23)14-18(19)24/h2-14,26H,1H3,(H,25,27)/b13-8+. The second-order valence-electron chi connectivity index (χ2n) is 6.32. The highest BCUT2D eigenvalue weighted by Crippen LogP contribution is 2.26. The van der Waals surface area contributed by atoms with Crippen molar-refractivity contribution < 1.29 is 26.7 Å². The van der Waals surface area contributed by atoms with Gasteiger partial charge in [0, 0.05) is 12.1 Å². The number of ether oxygens (including phenoxy) is 1. The molecule has 3 aromatic carbocycles. The Hall–Kier alpha value is -3.72. The number of anilines is 2. The van der Waals surface area contributed by atoms with Crippen molar-refractivity contribution in [2.75, 3.05) is 17.1 Å². The van der Waals surface area contributed by atoms with Gasteiger partial charge in [-0.1, -0.05) is 24.3 Å². The van der Waals surface area contributed by atoms with Crippen LogP contribution in [-0.4, -0.2) is 21.4 Å². The largest absolute Gasteiger partial charge is 0.495 e. The Bertz CT molecular complexity index is 1230. The fraction of sp³-hybridized carbons (Fsp3) is 0.0455. The van der Waals surface area contributed by atoms with E-state index in [1.54, 1.807) is 24.3 Å². The fourth-order valence-electron chi connectivity index (χ4n) is 2.63. The molecular formula is C22H18F2N2O4S. The van der Waals surface area contributed by atoms with Gasteiger partial charge < -0.3 is 10.1 Å². The lowest BCUT2D eigenvalue weighted by atomic mass is 10.2. The van der Waals surface area contributed by atoms with E-state index < -0.39 is 27.6 Å². The van der Waals surface area contributed by atoms with E-state index in [-0.39, 0.29) is 10.6 Å². The first-order valence-corrected chi connectivity index (χ1v) is 10.5. The molecule has 160 valence electrons. The molecule has 0 unspecified atom stereocenters. The van der Waals surface area contributed by atoms with Gasteiger partial charge >= 0.3 is 0 Å². The Balaban J connectivity index is 1.68. The van der Waals surface area contributed by atoms with Gasteiger partial charge in [0.1, 0.15) is 17.4 Å². The molecule has 0 aromatic heterocycles. The van der Waals surface area contributed by atoms with E-state index >= 15 is 0 Å². The molecule has 0 bridgehead atoms. The second-order valence-corrected chi connectivity index (χ2v) is 8.00. The lowest BCUT2D eigenvalue weighted by molar-refractivity contribution is -0.111. The van der Waals surface area contributed by atoms with Crippen LogP contribution in [0.25, 0.3) is 6.08 Å². The number of amides is 1. The summed E-state index contributed by atoms with van der Waals surface area (Å²) < 4.78 is 59.3. The lowest BCUT2D eigenvalue weighted by Crippen LogP contribution is -2.13. The predicted molar refractivity (Wildman–Crippen MR) is 114 cm³/mol. The van der Waals surface area contributed by atoms with Crippen LogP contribution in [0.1, 0.15) is 5.56 Å². The van der Waals surface area contributed by atoms with E-state index in [2.05, 4.69) is 10.0 Å². The molecule has 2 N–H and O–H groups in total. The van der Waals surface area contributed by atoms with Gasteiger partial charge in [0.05, 0.1) is 23.4 Å². The maximum absolute atomic E-state index is 13.6. The normalized spacial score (nSPS) is 11.3. The Morgan fingerprint density at radius 1 is 0.968 bits per heavy atom. The highest BCUT2D eigenvalue weighted by Gasteiger charge is 2.16. The Morgan fingerprint density at radius 3 is 2.35 bits per heavy atom. The Labute approximate surface area is 178 Å². The molecule has 0 aliphatic carbocycles. The smallest absolute Gasteiger partial charge is 0.262 e. The highest BCUT2D eigenvalue weighted by molar-refractivity contribution is 7.92. The minimum atomic E-state index is -3.85. The molecule has 9 heteroatoms. The van der Waals surface area contributed by atoms with Crippen LogP contribution < -0.4 is 14.8 Å². The number of para-hydroxylation sites is 2. The molecule has 1 amide bonds. The average Bonchev–Trinajstić information content (AvgIpc) is 2.75. The number of benzene rings is 3. The first-order chi connectivity index (χ1) is 14.8. The van der Waals surface area contributed by atoms with Gasteiger partial charge in [-0.05, 0) is 48.0 Å². The van der Waals surface area contributed by atoms with E-state index in [0.717, 1.165) is 18.2 Å². The number of rotatable bonds is 7. The number of hydrogen-bond acceptors (Lipinski definition) is 4. The first-order valence-electron chi connectivity index (χ1n) is 8.98. The minimum absolute atomic E-state index is 0.0217. The van der Waals surface area contributed by atoms with Crippen molar-refractivity contribution in [3.05, 3.63) is 90.0 Å². The van der Waals surface area contributed by atoms with Crippen LogP contribution >= 0.6 is 0 Å². The van der Waals surface area contributed by atoms with E-state index in [4.69, 9.17) is 4.74 Å². The molecule has 0 saturated heterocycles. The molecule has 0 spiro atoms. The number of hydrogen-bond donors (Lipinski definition) is 2. The molecule has 0 saturated carbocycles. The van der Waals surface area contributed by atoms with Gasteiger partial charge in [-0.3, -0.25) is 9.52 Å². The summed E-state index contributed by atoms with van der Waals surface area (Å²) in [5, 5.41) is 2.30. The third-order valence-electron chi connectivity index (χ3n) is 4.16. The molecule has 0 aliphatic heterocycles. The zero-order chi connectivity index (χ0) is 22.4. The summed E-state index contributed by atoms with van der Waals surface area (Å²) in [7, 11) is -2.41. The van der Waals surface area contributed by atoms with Crippen LogP contribution in [0, 0.1) is 11.6 Å². The molecule has 0 aliphatic rings. The second kappa shape index (κ2) is 9.40. The van der Waals surface area contributed by atoms with Crippen molar-refractivity contribution in [2.45, 2.75) is 4.90 Å². The van der Waals surface area contributed by atoms with Gasteiger partial charge in [-0.25, -0.2) is 17.2 Å². The zero-order valence-corrected chi connectivity index (χ0v) is 17.1. The molecule has 3 rings (SSSR count). The molecule has 0 radical (unpaired) electrons. The predicted octanol–water partition coefficient (Wildman–Crippen LogP) is 4.43. The molecular weight excluding hydrogens is 426 g/mol. The van der Waals surface area contributed by atoms with E-state index in [9.17, 15) is 22.0 Å². The third kappa shape index (κ3) is 5.67. The van der Waals surface area contributed by atoms with Crippen LogP contribution in [0.15, 0.2) is 77.7 Å². The average molecular weight is 444 g/mol. The van der Waals surface area contributed by atoms with E-state index in [1.807, 2.05) is 0 Å². The first kappa shape index (κ1) is 22.0. The van der Waals surface area contributed by atoms with E-state index in [0.29, 0.717) is 23.1 Å². The number of carbonyl (C=O) groups is 1. The molecule has 0 fully saturated rings. The van der Waals surface area contributed by atoms with Crippen molar-refractivity contribution >= 4 is 33.4 Å². The summed E-state index contributed by atoms with van der Waals surface area (Å²) in [5.41, 5.74) is 0.699. The summed E-state index contributed by atoms with van der Waals surface area (Å²) in [6.45, 7) is 0. The molecule has 6 nitrogen and oxygen atoms in total.